The van der Waals surface area contributed by atoms with Crippen molar-refractivity contribution < 1.29 is 9.53 Å². The molecule has 0 fully saturated rings. The minimum Gasteiger partial charge on any atom is -0.497 e. The number of carbonyl (C=O) groups is 1. The molecule has 0 spiro atoms. The van der Waals surface area contributed by atoms with Gasteiger partial charge in [-0.1, -0.05) is 12.1 Å². The molecule has 0 aliphatic rings. The van der Waals surface area contributed by atoms with Gasteiger partial charge in [-0.15, -0.1) is 11.3 Å². The molecule has 0 bridgehead atoms. The monoisotopic (exact) mass is 291 g/mol. The van der Waals surface area contributed by atoms with Gasteiger partial charge < -0.3 is 15.8 Å². The molecular weight excluding hydrogens is 274 g/mol. The van der Waals surface area contributed by atoms with Crippen LogP contribution < -0.4 is 15.8 Å². The molecule has 0 aliphatic heterocycles. The van der Waals surface area contributed by atoms with Crippen LogP contribution in [-0.4, -0.2) is 24.5 Å². The van der Waals surface area contributed by atoms with E-state index in [0.29, 0.717) is 18.1 Å². The first-order chi connectivity index (χ1) is 9.71. The van der Waals surface area contributed by atoms with Crippen LogP contribution >= 0.6 is 11.3 Å². The molecule has 2 rings (SSSR count). The molecule has 5 nitrogen and oxygen atoms in total. The summed E-state index contributed by atoms with van der Waals surface area (Å²) in [5, 5.41) is 5.30. The molecule has 1 heterocycles. The van der Waals surface area contributed by atoms with Crippen LogP contribution in [0.5, 0.6) is 5.75 Å². The quantitative estimate of drug-likeness (QED) is 0.853. The van der Waals surface area contributed by atoms with Crippen molar-refractivity contribution in [2.75, 3.05) is 19.0 Å². The summed E-state index contributed by atoms with van der Waals surface area (Å²) in [7, 11) is 1.64. The molecular formula is C14H17N3O2S. The molecule has 0 radical (unpaired) electrons. The van der Waals surface area contributed by atoms with E-state index in [1.807, 2.05) is 29.6 Å². The van der Waals surface area contributed by atoms with Crippen molar-refractivity contribution in [3.63, 3.8) is 0 Å². The summed E-state index contributed by atoms with van der Waals surface area (Å²) < 4.78 is 5.12. The molecule has 1 amide bonds. The molecule has 6 heteroatoms. The Morgan fingerprint density at radius 2 is 2.15 bits per heavy atom. The predicted molar refractivity (Wildman–Crippen MR) is 80.2 cm³/mol. The van der Waals surface area contributed by atoms with Crippen LogP contribution in [0.1, 0.15) is 17.7 Å². The number of nitrogens with one attached hydrogen (secondary N) is 1. The van der Waals surface area contributed by atoms with Crippen molar-refractivity contribution in [3.05, 3.63) is 40.9 Å². The van der Waals surface area contributed by atoms with E-state index in [1.54, 1.807) is 7.11 Å². The highest BCUT2D eigenvalue weighted by Crippen LogP contribution is 2.19. The van der Waals surface area contributed by atoms with Crippen molar-refractivity contribution in [1.29, 1.82) is 0 Å². The molecule has 0 atom stereocenters. The van der Waals surface area contributed by atoms with Gasteiger partial charge in [-0.25, -0.2) is 4.98 Å². The number of amides is 1. The fourth-order valence-corrected chi connectivity index (χ4v) is 2.44. The molecule has 1 aromatic carbocycles. The number of methoxy groups -OCH3 is 1. The van der Waals surface area contributed by atoms with Crippen LogP contribution in [0.25, 0.3) is 0 Å². The third-order valence-electron chi connectivity index (χ3n) is 2.71. The minimum absolute atomic E-state index is 0.0992. The normalized spacial score (nSPS) is 10.3. The lowest BCUT2D eigenvalue weighted by atomic mass is 10.1. The van der Waals surface area contributed by atoms with E-state index < -0.39 is 0 Å². The molecule has 0 saturated heterocycles. The summed E-state index contributed by atoms with van der Waals surface area (Å²) in [6.45, 7) is 0.343. The maximum atomic E-state index is 11.4. The number of nitrogens with zero attached hydrogens (tertiary/aromatic N) is 1. The SMILES string of the molecule is COc1ccc(Cc2csc(NC(=O)CCN)n2)cc1. The van der Waals surface area contributed by atoms with Crippen molar-refractivity contribution in [2.45, 2.75) is 12.8 Å². The van der Waals surface area contributed by atoms with Crippen LogP contribution in [0.2, 0.25) is 0 Å². The molecule has 3 N–H and O–H groups in total. The number of carbonyl (C=O) groups excluding carboxylic acids is 1. The van der Waals surface area contributed by atoms with Crippen molar-refractivity contribution >= 4 is 22.4 Å². The Labute approximate surface area is 121 Å². The van der Waals surface area contributed by atoms with Gasteiger partial charge in [-0.2, -0.15) is 0 Å². The fraction of sp³-hybridized carbons (Fsp3) is 0.286. The van der Waals surface area contributed by atoms with Crippen molar-refractivity contribution in [3.8, 4) is 5.75 Å². The first-order valence-electron chi connectivity index (χ1n) is 6.28. The Morgan fingerprint density at radius 3 is 2.80 bits per heavy atom. The van der Waals surface area contributed by atoms with Crippen LogP contribution in [0, 0.1) is 0 Å². The summed E-state index contributed by atoms with van der Waals surface area (Å²) in [6.07, 6.45) is 1.04. The number of thiazole rings is 1. The van der Waals surface area contributed by atoms with Gasteiger partial charge >= 0.3 is 0 Å². The zero-order valence-electron chi connectivity index (χ0n) is 11.3. The Hall–Kier alpha value is -1.92. The summed E-state index contributed by atoms with van der Waals surface area (Å²) in [5.74, 6) is 0.736. The highest BCUT2D eigenvalue weighted by molar-refractivity contribution is 7.13. The average molecular weight is 291 g/mol. The Kier molecular flexibility index (Phi) is 5.09. The van der Waals surface area contributed by atoms with Gasteiger partial charge in [0.2, 0.25) is 5.91 Å². The van der Waals surface area contributed by atoms with Gasteiger partial charge in [-0.3, -0.25) is 4.79 Å². The molecule has 1 aromatic heterocycles. The number of anilines is 1. The smallest absolute Gasteiger partial charge is 0.227 e. The van der Waals surface area contributed by atoms with E-state index >= 15 is 0 Å². The van der Waals surface area contributed by atoms with Crippen LogP contribution in [-0.2, 0) is 11.2 Å². The van der Waals surface area contributed by atoms with Crippen molar-refractivity contribution in [2.24, 2.45) is 5.73 Å². The number of aromatic nitrogens is 1. The van der Waals surface area contributed by atoms with E-state index in [0.717, 1.165) is 23.4 Å². The maximum Gasteiger partial charge on any atom is 0.227 e. The van der Waals surface area contributed by atoms with E-state index in [-0.39, 0.29) is 5.91 Å². The zero-order chi connectivity index (χ0) is 14.4. The van der Waals surface area contributed by atoms with E-state index in [1.165, 1.54) is 11.3 Å². The van der Waals surface area contributed by atoms with E-state index in [2.05, 4.69) is 10.3 Å². The number of ether oxygens (including phenoxy) is 1. The summed E-state index contributed by atoms with van der Waals surface area (Å²) in [4.78, 5) is 15.8. The largest absolute Gasteiger partial charge is 0.497 e. The van der Waals surface area contributed by atoms with E-state index in [4.69, 9.17) is 10.5 Å². The van der Waals surface area contributed by atoms with Gasteiger partial charge in [0.25, 0.3) is 0 Å². The number of hydrogen-bond donors (Lipinski definition) is 2. The topological polar surface area (TPSA) is 77.2 Å². The molecule has 2 aromatic rings. The Balaban J connectivity index is 1.96. The Bertz CT molecular complexity index is 566. The number of benzene rings is 1. The number of hydrogen-bond acceptors (Lipinski definition) is 5. The van der Waals surface area contributed by atoms with Crippen LogP contribution in [0.15, 0.2) is 29.6 Å². The zero-order valence-corrected chi connectivity index (χ0v) is 12.1. The van der Waals surface area contributed by atoms with Crippen molar-refractivity contribution in [1.82, 2.24) is 4.98 Å². The molecule has 20 heavy (non-hydrogen) atoms. The standard InChI is InChI=1S/C14H17N3O2S/c1-19-12-4-2-10(3-5-12)8-11-9-20-14(16-11)17-13(18)6-7-15/h2-5,9H,6-8,15H2,1H3,(H,16,17,18). The van der Waals surface area contributed by atoms with Gasteiger partial charge in [0.15, 0.2) is 5.13 Å². The third kappa shape index (κ3) is 4.04. The van der Waals surface area contributed by atoms with Gasteiger partial charge in [0, 0.05) is 24.8 Å². The summed E-state index contributed by atoms with van der Waals surface area (Å²) >= 11 is 1.42. The molecule has 0 aliphatic carbocycles. The third-order valence-corrected chi connectivity index (χ3v) is 3.52. The lowest BCUT2D eigenvalue weighted by molar-refractivity contribution is -0.116. The number of nitrogens with two attached hydrogens (primary N) is 1. The highest BCUT2D eigenvalue weighted by Gasteiger charge is 2.06. The number of rotatable bonds is 6. The predicted octanol–water partition coefficient (Wildman–Crippen LogP) is 2.03. The second-order valence-electron chi connectivity index (χ2n) is 4.26. The highest BCUT2D eigenvalue weighted by atomic mass is 32.1. The average Bonchev–Trinajstić information content (AvgIpc) is 2.87. The lowest BCUT2D eigenvalue weighted by Crippen LogP contribution is -2.16. The minimum atomic E-state index is -0.0992. The molecule has 0 saturated carbocycles. The Morgan fingerprint density at radius 1 is 1.40 bits per heavy atom. The second kappa shape index (κ2) is 7.02. The van der Waals surface area contributed by atoms with E-state index in [9.17, 15) is 4.79 Å². The van der Waals surface area contributed by atoms with Gasteiger partial charge in [0.1, 0.15) is 5.75 Å². The van der Waals surface area contributed by atoms with Crippen LogP contribution in [0.4, 0.5) is 5.13 Å². The second-order valence-corrected chi connectivity index (χ2v) is 5.11. The fourth-order valence-electron chi connectivity index (χ4n) is 1.71. The van der Waals surface area contributed by atoms with Gasteiger partial charge in [-0.05, 0) is 17.7 Å². The first kappa shape index (κ1) is 14.5. The summed E-state index contributed by atoms with van der Waals surface area (Å²) in [5.41, 5.74) is 7.41. The lowest BCUT2D eigenvalue weighted by Gasteiger charge is -2.02. The maximum absolute atomic E-state index is 11.4. The van der Waals surface area contributed by atoms with Crippen LogP contribution in [0.3, 0.4) is 0 Å². The first-order valence-corrected chi connectivity index (χ1v) is 7.16. The molecule has 0 unspecified atom stereocenters. The molecule has 106 valence electrons. The van der Waals surface area contributed by atoms with Gasteiger partial charge in [0.05, 0.1) is 12.8 Å². The summed E-state index contributed by atoms with van der Waals surface area (Å²) in [6, 6.07) is 7.85.